The topological polar surface area (TPSA) is 79.5 Å². The fourth-order valence-corrected chi connectivity index (χ4v) is 2.76. The number of sulfonamides is 1. The lowest BCUT2D eigenvalue weighted by molar-refractivity contribution is 0.189. The summed E-state index contributed by atoms with van der Waals surface area (Å²) in [6.07, 6.45) is 1.72. The maximum Gasteiger partial charge on any atom is 0.266 e. The molecular weight excluding hydrogens is 280 g/mol. The van der Waals surface area contributed by atoms with Crippen molar-refractivity contribution in [2.24, 2.45) is 0 Å². The van der Waals surface area contributed by atoms with E-state index >= 15 is 0 Å². The zero-order chi connectivity index (χ0) is 13.8. The number of nitrogens with one attached hydrogen (secondary N) is 1. The standard InChI is InChI=1S/C10H15ClN2O4S/c1-13(4-3-5-17-2)18(15,16)8-6-9(11)10(14)12-7-8/h6-7H,3-5H2,1-2H3,(H,12,14). The predicted molar refractivity (Wildman–Crippen MR) is 68.4 cm³/mol. The average molecular weight is 295 g/mol. The maximum absolute atomic E-state index is 12.1. The maximum atomic E-state index is 12.1. The molecule has 1 rings (SSSR count). The van der Waals surface area contributed by atoms with Gasteiger partial charge in [0.2, 0.25) is 10.0 Å². The highest BCUT2D eigenvalue weighted by Gasteiger charge is 2.21. The summed E-state index contributed by atoms with van der Waals surface area (Å²) < 4.78 is 30.2. The highest BCUT2D eigenvalue weighted by Crippen LogP contribution is 2.15. The Balaban J connectivity index is 2.91. The van der Waals surface area contributed by atoms with E-state index in [0.717, 1.165) is 12.3 Å². The SMILES string of the molecule is COCCCN(C)S(=O)(=O)c1c[nH]c(=O)c(Cl)c1. The van der Waals surface area contributed by atoms with Crippen LogP contribution in [0.15, 0.2) is 22.0 Å². The first kappa shape index (κ1) is 15.2. The Labute approximate surface area is 111 Å². The molecule has 0 aliphatic rings. The van der Waals surface area contributed by atoms with Crippen molar-refractivity contribution in [1.29, 1.82) is 0 Å². The molecule has 0 amide bonds. The van der Waals surface area contributed by atoms with Crippen LogP contribution in [-0.2, 0) is 14.8 Å². The van der Waals surface area contributed by atoms with Crippen molar-refractivity contribution in [2.45, 2.75) is 11.3 Å². The summed E-state index contributed by atoms with van der Waals surface area (Å²) in [5.41, 5.74) is -0.516. The van der Waals surface area contributed by atoms with Gasteiger partial charge in [0.05, 0.1) is 4.90 Å². The van der Waals surface area contributed by atoms with Crippen LogP contribution in [0.4, 0.5) is 0 Å². The first-order valence-corrected chi connectivity index (χ1v) is 7.05. The second kappa shape index (κ2) is 6.33. The number of hydrogen-bond donors (Lipinski definition) is 1. The van der Waals surface area contributed by atoms with Crippen LogP contribution in [0.25, 0.3) is 0 Å². The van der Waals surface area contributed by atoms with Crippen LogP contribution >= 0.6 is 11.6 Å². The lowest BCUT2D eigenvalue weighted by atomic mass is 10.5. The largest absolute Gasteiger partial charge is 0.385 e. The number of methoxy groups -OCH3 is 1. The monoisotopic (exact) mass is 294 g/mol. The summed E-state index contributed by atoms with van der Waals surface area (Å²) in [6, 6.07) is 1.14. The number of aromatic amines is 1. The Morgan fingerprint density at radius 1 is 1.50 bits per heavy atom. The Morgan fingerprint density at radius 2 is 2.17 bits per heavy atom. The number of pyridine rings is 1. The number of nitrogens with zero attached hydrogens (tertiary/aromatic N) is 1. The van der Waals surface area contributed by atoms with Gasteiger partial charge in [-0.2, -0.15) is 0 Å². The number of halogens is 1. The molecule has 8 heteroatoms. The minimum Gasteiger partial charge on any atom is -0.385 e. The zero-order valence-electron chi connectivity index (χ0n) is 10.1. The number of hydrogen-bond acceptors (Lipinski definition) is 4. The van der Waals surface area contributed by atoms with Crippen LogP contribution in [0.3, 0.4) is 0 Å². The Morgan fingerprint density at radius 3 is 2.72 bits per heavy atom. The Hall–Kier alpha value is -0.890. The minimum atomic E-state index is -3.64. The van der Waals surface area contributed by atoms with Crippen LogP contribution < -0.4 is 5.56 Å². The third-order valence-corrected chi connectivity index (χ3v) is 4.48. The van der Waals surface area contributed by atoms with E-state index in [4.69, 9.17) is 16.3 Å². The molecule has 1 aromatic rings. The van der Waals surface area contributed by atoms with Gasteiger partial charge >= 0.3 is 0 Å². The van der Waals surface area contributed by atoms with E-state index in [-0.39, 0.29) is 9.92 Å². The van der Waals surface area contributed by atoms with Gasteiger partial charge in [-0.1, -0.05) is 11.6 Å². The summed E-state index contributed by atoms with van der Waals surface area (Å²) in [7, 11) is -0.621. The summed E-state index contributed by atoms with van der Waals surface area (Å²) in [5, 5.41) is -0.152. The van der Waals surface area contributed by atoms with Crippen LogP contribution in [0, 0.1) is 0 Å². The first-order chi connectivity index (χ1) is 8.39. The number of aromatic nitrogens is 1. The molecule has 0 aromatic carbocycles. The zero-order valence-corrected chi connectivity index (χ0v) is 11.7. The third-order valence-electron chi connectivity index (χ3n) is 2.36. The molecule has 1 aromatic heterocycles. The van der Waals surface area contributed by atoms with E-state index in [1.807, 2.05) is 0 Å². The second-order valence-electron chi connectivity index (χ2n) is 3.69. The van der Waals surface area contributed by atoms with Crippen molar-refractivity contribution < 1.29 is 13.2 Å². The molecule has 0 fully saturated rings. The smallest absolute Gasteiger partial charge is 0.266 e. The fraction of sp³-hybridized carbons (Fsp3) is 0.500. The van der Waals surface area contributed by atoms with Gasteiger partial charge in [-0.05, 0) is 12.5 Å². The molecule has 0 bridgehead atoms. The average Bonchev–Trinajstić information content (AvgIpc) is 2.32. The lowest BCUT2D eigenvalue weighted by Gasteiger charge is -2.16. The van der Waals surface area contributed by atoms with Crippen molar-refractivity contribution in [3.8, 4) is 0 Å². The van der Waals surface area contributed by atoms with Crippen LogP contribution in [0.2, 0.25) is 5.02 Å². The van der Waals surface area contributed by atoms with E-state index < -0.39 is 15.6 Å². The van der Waals surface area contributed by atoms with Crippen molar-refractivity contribution >= 4 is 21.6 Å². The summed E-state index contributed by atoms with van der Waals surface area (Å²) in [4.78, 5) is 13.3. The molecule has 0 radical (unpaired) electrons. The van der Waals surface area contributed by atoms with E-state index in [9.17, 15) is 13.2 Å². The molecule has 18 heavy (non-hydrogen) atoms. The molecule has 0 aliphatic carbocycles. The van der Waals surface area contributed by atoms with Gasteiger partial charge in [0, 0.05) is 33.5 Å². The minimum absolute atomic E-state index is 0.0352. The third kappa shape index (κ3) is 3.55. The summed E-state index contributed by atoms with van der Waals surface area (Å²) >= 11 is 5.60. The molecule has 0 unspecified atom stereocenters. The van der Waals surface area contributed by atoms with Gasteiger partial charge in [-0.25, -0.2) is 12.7 Å². The van der Waals surface area contributed by atoms with Crippen molar-refractivity contribution in [2.75, 3.05) is 27.3 Å². The number of ether oxygens (including phenoxy) is 1. The highest BCUT2D eigenvalue weighted by atomic mass is 35.5. The second-order valence-corrected chi connectivity index (χ2v) is 6.14. The normalized spacial score (nSPS) is 12.0. The molecule has 0 aliphatic heterocycles. The van der Waals surface area contributed by atoms with Crippen molar-refractivity contribution in [3.05, 3.63) is 27.6 Å². The van der Waals surface area contributed by atoms with E-state index in [1.54, 1.807) is 7.11 Å². The van der Waals surface area contributed by atoms with Crippen molar-refractivity contribution in [1.82, 2.24) is 9.29 Å². The molecule has 0 atom stereocenters. The van der Waals surface area contributed by atoms with Crippen LogP contribution in [0.1, 0.15) is 6.42 Å². The number of rotatable bonds is 6. The molecule has 102 valence electrons. The summed E-state index contributed by atoms with van der Waals surface area (Å²) in [5.74, 6) is 0. The molecule has 0 saturated carbocycles. The Kier molecular flexibility index (Phi) is 5.33. The van der Waals surface area contributed by atoms with E-state index in [1.165, 1.54) is 11.4 Å². The van der Waals surface area contributed by atoms with Gasteiger partial charge in [0.15, 0.2) is 0 Å². The first-order valence-electron chi connectivity index (χ1n) is 5.23. The molecule has 1 N–H and O–H groups in total. The molecule has 6 nitrogen and oxygen atoms in total. The van der Waals surface area contributed by atoms with Gasteiger partial charge in [-0.3, -0.25) is 4.79 Å². The molecule has 0 saturated heterocycles. The quantitative estimate of drug-likeness (QED) is 0.783. The van der Waals surface area contributed by atoms with Gasteiger partial charge in [-0.15, -0.1) is 0 Å². The Bertz CT molecular complexity index is 555. The van der Waals surface area contributed by atoms with E-state index in [2.05, 4.69) is 4.98 Å². The predicted octanol–water partition coefficient (Wildman–Crippen LogP) is 0.685. The molecule has 0 spiro atoms. The molecular formula is C10H15ClN2O4S. The van der Waals surface area contributed by atoms with Gasteiger partial charge in [0.1, 0.15) is 5.02 Å². The van der Waals surface area contributed by atoms with Crippen LogP contribution in [-0.4, -0.2) is 45.0 Å². The van der Waals surface area contributed by atoms with Gasteiger partial charge < -0.3 is 9.72 Å². The lowest BCUT2D eigenvalue weighted by Crippen LogP contribution is -2.29. The summed E-state index contributed by atoms with van der Waals surface area (Å²) in [6.45, 7) is 0.805. The van der Waals surface area contributed by atoms with Gasteiger partial charge in [0.25, 0.3) is 5.56 Å². The molecule has 1 heterocycles. The van der Waals surface area contributed by atoms with Crippen LogP contribution in [0.5, 0.6) is 0 Å². The number of H-pyrrole nitrogens is 1. The fourth-order valence-electron chi connectivity index (χ4n) is 1.32. The van der Waals surface area contributed by atoms with Crippen molar-refractivity contribution in [3.63, 3.8) is 0 Å². The highest BCUT2D eigenvalue weighted by molar-refractivity contribution is 7.89. The van der Waals surface area contributed by atoms with E-state index in [0.29, 0.717) is 19.6 Å².